The van der Waals surface area contributed by atoms with Crippen LogP contribution >= 0.6 is 15.9 Å². The molecule has 1 aromatic rings. The highest BCUT2D eigenvalue weighted by Gasteiger charge is 2.06. The van der Waals surface area contributed by atoms with Gasteiger partial charge in [0.05, 0.1) is 4.47 Å². The van der Waals surface area contributed by atoms with E-state index in [0.717, 1.165) is 0 Å². The molecule has 0 nitrogen and oxygen atoms in total. The van der Waals surface area contributed by atoms with Crippen molar-refractivity contribution < 1.29 is 8.78 Å². The quantitative estimate of drug-likeness (QED) is 0.573. The molecule has 54 valence electrons. The highest BCUT2D eigenvalue weighted by Crippen LogP contribution is 2.21. The fraction of sp³-hybridized carbons (Fsp3) is 0.143. The van der Waals surface area contributed by atoms with Crippen LogP contribution in [0.1, 0.15) is 5.56 Å². The van der Waals surface area contributed by atoms with Crippen molar-refractivity contribution in [3.05, 3.63) is 33.8 Å². The van der Waals surface area contributed by atoms with Gasteiger partial charge in [-0.2, -0.15) is 0 Å². The molecular weight excluding hydrogens is 202 g/mol. The molecule has 0 saturated heterocycles. The van der Waals surface area contributed by atoms with Crippen LogP contribution in [0.3, 0.4) is 0 Å². The third kappa shape index (κ3) is 1.19. The molecule has 0 heterocycles. The summed E-state index contributed by atoms with van der Waals surface area (Å²) >= 11 is 2.78. The molecule has 0 atom stereocenters. The van der Waals surface area contributed by atoms with Crippen molar-refractivity contribution in [3.8, 4) is 0 Å². The van der Waals surface area contributed by atoms with Gasteiger partial charge in [-0.25, -0.2) is 8.78 Å². The minimum atomic E-state index is -0.567. The zero-order valence-electron chi connectivity index (χ0n) is 5.29. The van der Waals surface area contributed by atoms with Gasteiger partial charge in [0.1, 0.15) is 11.6 Å². The largest absolute Gasteiger partial charge is 0.206 e. The van der Waals surface area contributed by atoms with Gasteiger partial charge in [-0.05, 0) is 34.5 Å². The number of hydrogen-bond donors (Lipinski definition) is 0. The SMILES string of the molecule is Cc1ccc(F)c(Br)c1F. The van der Waals surface area contributed by atoms with E-state index in [1.807, 2.05) is 0 Å². The Morgan fingerprint density at radius 2 is 1.90 bits per heavy atom. The van der Waals surface area contributed by atoms with Gasteiger partial charge in [0.15, 0.2) is 0 Å². The highest BCUT2D eigenvalue weighted by molar-refractivity contribution is 9.10. The molecule has 0 amide bonds. The Kier molecular flexibility index (Phi) is 2.04. The van der Waals surface area contributed by atoms with Crippen LogP contribution in [-0.4, -0.2) is 0 Å². The Balaban J connectivity index is 3.34. The molecule has 0 bridgehead atoms. The lowest BCUT2D eigenvalue weighted by Crippen LogP contribution is -1.86. The maximum absolute atomic E-state index is 12.7. The van der Waals surface area contributed by atoms with Crippen LogP contribution in [0.25, 0.3) is 0 Å². The van der Waals surface area contributed by atoms with Gasteiger partial charge in [0.2, 0.25) is 0 Å². The number of benzene rings is 1. The summed E-state index contributed by atoms with van der Waals surface area (Å²) in [6, 6.07) is 2.62. The first-order valence-electron chi connectivity index (χ1n) is 2.73. The van der Waals surface area contributed by atoms with Gasteiger partial charge in [0.25, 0.3) is 0 Å². The Morgan fingerprint density at radius 1 is 1.30 bits per heavy atom. The van der Waals surface area contributed by atoms with E-state index in [9.17, 15) is 8.78 Å². The first kappa shape index (κ1) is 7.66. The third-order valence-electron chi connectivity index (χ3n) is 1.23. The normalized spacial score (nSPS) is 10.0. The molecule has 0 radical (unpaired) electrons. The lowest BCUT2D eigenvalue weighted by atomic mass is 10.2. The van der Waals surface area contributed by atoms with Crippen molar-refractivity contribution in [2.75, 3.05) is 0 Å². The molecule has 0 aliphatic heterocycles. The van der Waals surface area contributed by atoms with E-state index < -0.39 is 11.6 Å². The molecule has 0 fully saturated rings. The number of rotatable bonds is 0. The van der Waals surface area contributed by atoms with Crippen LogP contribution in [0.2, 0.25) is 0 Å². The third-order valence-corrected chi connectivity index (χ3v) is 1.96. The molecule has 0 aliphatic rings. The van der Waals surface area contributed by atoms with Gasteiger partial charge in [-0.1, -0.05) is 6.07 Å². The molecule has 1 aromatic carbocycles. The van der Waals surface area contributed by atoms with Crippen molar-refractivity contribution in [3.63, 3.8) is 0 Å². The van der Waals surface area contributed by atoms with Gasteiger partial charge in [-0.3, -0.25) is 0 Å². The van der Waals surface area contributed by atoms with E-state index in [1.54, 1.807) is 6.92 Å². The second-order valence-electron chi connectivity index (χ2n) is 1.99. The Hall–Kier alpha value is -0.440. The standard InChI is InChI=1S/C7H5BrF2/c1-4-2-3-5(9)6(8)7(4)10/h2-3H,1H3. The van der Waals surface area contributed by atoms with E-state index in [4.69, 9.17) is 0 Å². The van der Waals surface area contributed by atoms with Crippen LogP contribution in [0, 0.1) is 18.6 Å². The van der Waals surface area contributed by atoms with Gasteiger partial charge < -0.3 is 0 Å². The summed E-state index contributed by atoms with van der Waals surface area (Å²) in [5.41, 5.74) is 0.438. The maximum Gasteiger partial charge on any atom is 0.143 e. The topological polar surface area (TPSA) is 0 Å². The Bertz CT molecular complexity index is 231. The van der Waals surface area contributed by atoms with Crippen LogP contribution in [-0.2, 0) is 0 Å². The molecule has 3 heteroatoms. The Labute approximate surface area is 66.0 Å². The average Bonchev–Trinajstić information content (AvgIpc) is 1.93. The zero-order chi connectivity index (χ0) is 7.72. The van der Waals surface area contributed by atoms with Crippen LogP contribution in [0.5, 0.6) is 0 Å². The second-order valence-corrected chi connectivity index (χ2v) is 2.79. The predicted octanol–water partition coefficient (Wildman–Crippen LogP) is 3.04. The lowest BCUT2D eigenvalue weighted by Gasteiger charge is -1.98. The highest BCUT2D eigenvalue weighted by atomic mass is 79.9. The fourth-order valence-corrected chi connectivity index (χ4v) is 1.07. The molecule has 0 N–H and O–H groups in total. The summed E-state index contributed by atoms with van der Waals surface area (Å²) in [6.45, 7) is 1.58. The van der Waals surface area contributed by atoms with E-state index in [2.05, 4.69) is 15.9 Å². The molecule has 0 spiro atoms. The fourth-order valence-electron chi connectivity index (χ4n) is 0.622. The Morgan fingerprint density at radius 3 is 2.40 bits per heavy atom. The minimum Gasteiger partial charge on any atom is -0.206 e. The summed E-state index contributed by atoms with van der Waals surface area (Å²) in [6.07, 6.45) is 0. The van der Waals surface area contributed by atoms with Crippen molar-refractivity contribution in [2.24, 2.45) is 0 Å². The van der Waals surface area contributed by atoms with E-state index in [0.29, 0.717) is 5.56 Å². The van der Waals surface area contributed by atoms with Crippen molar-refractivity contribution in [1.29, 1.82) is 0 Å². The molecule has 0 aromatic heterocycles. The van der Waals surface area contributed by atoms with E-state index in [1.165, 1.54) is 12.1 Å². The lowest BCUT2D eigenvalue weighted by molar-refractivity contribution is 0.566. The molecule has 0 unspecified atom stereocenters. The number of aryl methyl sites for hydroxylation is 1. The molecule has 0 saturated carbocycles. The van der Waals surface area contributed by atoms with Crippen LogP contribution in [0.15, 0.2) is 16.6 Å². The van der Waals surface area contributed by atoms with Crippen LogP contribution < -0.4 is 0 Å². The van der Waals surface area contributed by atoms with E-state index in [-0.39, 0.29) is 4.47 Å². The smallest absolute Gasteiger partial charge is 0.143 e. The summed E-state index contributed by atoms with van der Waals surface area (Å²) in [5, 5.41) is 0. The van der Waals surface area contributed by atoms with Gasteiger partial charge >= 0.3 is 0 Å². The number of halogens is 3. The van der Waals surface area contributed by atoms with Crippen molar-refractivity contribution in [2.45, 2.75) is 6.92 Å². The molecule has 10 heavy (non-hydrogen) atoms. The first-order valence-corrected chi connectivity index (χ1v) is 3.52. The molecular formula is C7H5BrF2. The second kappa shape index (κ2) is 2.66. The van der Waals surface area contributed by atoms with Crippen molar-refractivity contribution in [1.82, 2.24) is 0 Å². The summed E-state index contributed by atoms with van der Waals surface area (Å²) in [4.78, 5) is 0. The maximum atomic E-state index is 12.7. The molecule has 0 aliphatic carbocycles. The summed E-state index contributed by atoms with van der Waals surface area (Å²) < 4.78 is 25.1. The first-order chi connectivity index (χ1) is 4.63. The number of hydrogen-bond acceptors (Lipinski definition) is 0. The minimum absolute atomic E-state index is 0.0903. The monoisotopic (exact) mass is 206 g/mol. The summed E-state index contributed by atoms with van der Waals surface area (Å²) in [5.74, 6) is -1.09. The van der Waals surface area contributed by atoms with Crippen molar-refractivity contribution >= 4 is 15.9 Å². The average molecular weight is 207 g/mol. The zero-order valence-corrected chi connectivity index (χ0v) is 6.87. The molecule has 1 rings (SSSR count). The summed E-state index contributed by atoms with van der Waals surface area (Å²) in [7, 11) is 0. The predicted molar refractivity (Wildman–Crippen MR) is 38.8 cm³/mol. The van der Waals surface area contributed by atoms with Gasteiger partial charge in [0, 0.05) is 0 Å². The van der Waals surface area contributed by atoms with E-state index >= 15 is 0 Å². The van der Waals surface area contributed by atoms with Crippen LogP contribution in [0.4, 0.5) is 8.78 Å². The van der Waals surface area contributed by atoms with Gasteiger partial charge in [-0.15, -0.1) is 0 Å².